The second-order valence-electron chi connectivity index (χ2n) is 7.77. The lowest BCUT2D eigenvalue weighted by molar-refractivity contribution is -0.148. The van der Waals surface area contributed by atoms with Gasteiger partial charge in [-0.05, 0) is 23.8 Å². The number of primary amides is 1. The molecular formula is C23H25ClN4O3. The standard InChI is InChI=1S/C23H25ClN4O3/c24-19-7-4-8-20(11-19)30-16-23(12-21(25)29)15-28(9-10-31-23)14-18-13-26-27-22(18)17-5-2-1-3-6-17/h1-8,11,13H,9-10,12,14-16H2,(H2,25,29)(H,26,27). The number of morpholine rings is 1. The molecule has 8 heteroatoms. The first kappa shape index (κ1) is 21.4. The number of rotatable bonds is 8. The summed E-state index contributed by atoms with van der Waals surface area (Å²) in [5.74, 6) is 0.197. The van der Waals surface area contributed by atoms with Gasteiger partial charge < -0.3 is 15.2 Å². The van der Waals surface area contributed by atoms with Gasteiger partial charge in [-0.25, -0.2) is 0 Å². The molecule has 1 amide bonds. The molecule has 1 saturated heterocycles. The van der Waals surface area contributed by atoms with E-state index in [0.717, 1.165) is 23.4 Å². The second-order valence-corrected chi connectivity index (χ2v) is 8.20. The highest BCUT2D eigenvalue weighted by Gasteiger charge is 2.39. The summed E-state index contributed by atoms with van der Waals surface area (Å²) in [6, 6.07) is 17.2. The van der Waals surface area contributed by atoms with Gasteiger partial charge in [-0.15, -0.1) is 0 Å². The molecule has 2 aromatic carbocycles. The van der Waals surface area contributed by atoms with Crippen LogP contribution in [0.1, 0.15) is 12.0 Å². The average Bonchev–Trinajstić information content (AvgIpc) is 3.21. The Hall–Kier alpha value is -2.87. The molecule has 0 saturated carbocycles. The Balaban J connectivity index is 1.49. The molecule has 0 radical (unpaired) electrons. The topological polar surface area (TPSA) is 93.5 Å². The Bertz CT molecular complexity index is 1030. The van der Waals surface area contributed by atoms with Gasteiger partial charge >= 0.3 is 0 Å². The summed E-state index contributed by atoms with van der Waals surface area (Å²) in [5, 5.41) is 7.92. The fourth-order valence-electron chi connectivity index (χ4n) is 3.92. The third kappa shape index (κ3) is 5.44. The molecule has 3 N–H and O–H groups in total. The highest BCUT2D eigenvalue weighted by atomic mass is 35.5. The Morgan fingerprint density at radius 3 is 2.87 bits per heavy atom. The number of carbonyl (C=O) groups excluding carboxylic acids is 1. The highest BCUT2D eigenvalue weighted by molar-refractivity contribution is 6.30. The largest absolute Gasteiger partial charge is 0.490 e. The average molecular weight is 441 g/mol. The monoisotopic (exact) mass is 440 g/mol. The fourth-order valence-corrected chi connectivity index (χ4v) is 4.10. The summed E-state index contributed by atoms with van der Waals surface area (Å²) in [7, 11) is 0. The minimum atomic E-state index is -0.830. The number of nitrogens with zero attached hydrogens (tertiary/aromatic N) is 2. The first-order valence-electron chi connectivity index (χ1n) is 10.1. The normalized spacial score (nSPS) is 19.3. The van der Waals surface area contributed by atoms with Crippen LogP contribution in [0.15, 0.2) is 60.8 Å². The van der Waals surface area contributed by atoms with Gasteiger partial charge in [0.05, 0.1) is 24.9 Å². The van der Waals surface area contributed by atoms with Crippen molar-refractivity contribution in [3.63, 3.8) is 0 Å². The van der Waals surface area contributed by atoms with E-state index in [0.29, 0.717) is 30.5 Å². The number of amides is 1. The SMILES string of the molecule is NC(=O)CC1(COc2cccc(Cl)c2)CN(Cc2cn[nH]c2-c2ccccc2)CCO1. The molecule has 1 aliphatic heterocycles. The smallest absolute Gasteiger partial charge is 0.220 e. The van der Waals surface area contributed by atoms with Crippen LogP contribution in [0, 0.1) is 0 Å². The van der Waals surface area contributed by atoms with Crippen molar-refractivity contribution in [3.8, 4) is 17.0 Å². The van der Waals surface area contributed by atoms with E-state index in [-0.39, 0.29) is 13.0 Å². The van der Waals surface area contributed by atoms with Crippen LogP contribution in [-0.2, 0) is 16.1 Å². The van der Waals surface area contributed by atoms with Gasteiger partial charge in [0.25, 0.3) is 0 Å². The number of aromatic amines is 1. The van der Waals surface area contributed by atoms with Gasteiger partial charge in [-0.1, -0.05) is 48.0 Å². The number of halogens is 1. The van der Waals surface area contributed by atoms with E-state index in [4.69, 9.17) is 26.8 Å². The number of ether oxygens (including phenoxy) is 2. The van der Waals surface area contributed by atoms with Crippen LogP contribution in [0.25, 0.3) is 11.3 Å². The summed E-state index contributed by atoms with van der Waals surface area (Å²) in [6.07, 6.45) is 1.91. The number of H-pyrrole nitrogens is 1. The molecule has 162 valence electrons. The lowest BCUT2D eigenvalue weighted by atomic mass is 9.97. The van der Waals surface area contributed by atoms with Crippen molar-refractivity contribution < 1.29 is 14.3 Å². The van der Waals surface area contributed by atoms with E-state index < -0.39 is 11.5 Å². The van der Waals surface area contributed by atoms with Crippen molar-refractivity contribution in [2.24, 2.45) is 5.73 Å². The lowest BCUT2D eigenvalue weighted by Gasteiger charge is -2.42. The zero-order valence-corrected chi connectivity index (χ0v) is 17.8. The van der Waals surface area contributed by atoms with E-state index in [1.807, 2.05) is 48.7 Å². The first-order valence-corrected chi connectivity index (χ1v) is 10.5. The predicted molar refractivity (Wildman–Crippen MR) is 119 cm³/mol. The predicted octanol–water partition coefficient (Wildman–Crippen LogP) is 3.26. The first-order chi connectivity index (χ1) is 15.0. The van der Waals surface area contributed by atoms with Crippen LogP contribution in [0.2, 0.25) is 5.02 Å². The van der Waals surface area contributed by atoms with Crippen LogP contribution in [-0.4, -0.2) is 52.9 Å². The van der Waals surface area contributed by atoms with E-state index in [2.05, 4.69) is 15.1 Å². The molecule has 7 nitrogen and oxygen atoms in total. The molecule has 1 atom stereocenters. The Morgan fingerprint density at radius 1 is 1.26 bits per heavy atom. The number of nitrogens with one attached hydrogen (secondary N) is 1. The van der Waals surface area contributed by atoms with Crippen LogP contribution in [0.3, 0.4) is 0 Å². The van der Waals surface area contributed by atoms with Crippen molar-refractivity contribution in [1.29, 1.82) is 0 Å². The quantitative estimate of drug-likeness (QED) is 0.560. The van der Waals surface area contributed by atoms with E-state index in [1.54, 1.807) is 12.1 Å². The zero-order valence-electron chi connectivity index (χ0n) is 17.1. The number of carbonyl (C=O) groups is 1. The van der Waals surface area contributed by atoms with E-state index >= 15 is 0 Å². The van der Waals surface area contributed by atoms with Gasteiger partial charge in [-0.3, -0.25) is 14.8 Å². The number of hydrogen-bond acceptors (Lipinski definition) is 5. The van der Waals surface area contributed by atoms with Crippen molar-refractivity contribution >= 4 is 17.5 Å². The van der Waals surface area contributed by atoms with Crippen molar-refractivity contribution in [1.82, 2.24) is 15.1 Å². The molecular weight excluding hydrogens is 416 g/mol. The van der Waals surface area contributed by atoms with E-state index in [1.165, 1.54) is 0 Å². The lowest BCUT2D eigenvalue weighted by Crippen LogP contribution is -2.56. The molecule has 0 spiro atoms. The third-order valence-electron chi connectivity index (χ3n) is 5.30. The zero-order chi connectivity index (χ0) is 21.7. The molecule has 3 aromatic rings. The van der Waals surface area contributed by atoms with Gasteiger partial charge in [0, 0.05) is 30.2 Å². The Labute approximate surface area is 186 Å². The van der Waals surface area contributed by atoms with E-state index in [9.17, 15) is 4.79 Å². The molecule has 1 aliphatic rings. The maximum atomic E-state index is 11.8. The van der Waals surface area contributed by atoms with Crippen LogP contribution >= 0.6 is 11.6 Å². The van der Waals surface area contributed by atoms with Crippen LogP contribution < -0.4 is 10.5 Å². The van der Waals surface area contributed by atoms with Crippen molar-refractivity contribution in [2.45, 2.75) is 18.6 Å². The van der Waals surface area contributed by atoms with Gasteiger partial charge in [0.2, 0.25) is 5.91 Å². The fraction of sp³-hybridized carbons (Fsp3) is 0.304. The van der Waals surface area contributed by atoms with Crippen molar-refractivity contribution in [2.75, 3.05) is 26.3 Å². The summed E-state index contributed by atoms with van der Waals surface area (Å²) in [5.41, 5.74) is 7.87. The highest BCUT2D eigenvalue weighted by Crippen LogP contribution is 2.28. The maximum Gasteiger partial charge on any atom is 0.220 e. The Morgan fingerprint density at radius 2 is 2.10 bits per heavy atom. The molecule has 1 fully saturated rings. The number of nitrogens with two attached hydrogens (primary N) is 1. The molecule has 2 heterocycles. The third-order valence-corrected chi connectivity index (χ3v) is 5.53. The molecule has 1 unspecified atom stereocenters. The summed E-state index contributed by atoms with van der Waals surface area (Å²) < 4.78 is 12.0. The van der Waals surface area contributed by atoms with Gasteiger partial charge in [-0.2, -0.15) is 5.10 Å². The molecule has 0 aliphatic carbocycles. The maximum absolute atomic E-state index is 11.8. The van der Waals surface area contributed by atoms with Gasteiger partial charge in [0.1, 0.15) is 18.0 Å². The van der Waals surface area contributed by atoms with Crippen LogP contribution in [0.5, 0.6) is 5.75 Å². The number of benzene rings is 2. The van der Waals surface area contributed by atoms with Gasteiger partial charge in [0.15, 0.2) is 0 Å². The minimum absolute atomic E-state index is 0.0704. The number of aromatic nitrogens is 2. The second kappa shape index (κ2) is 9.51. The minimum Gasteiger partial charge on any atom is -0.490 e. The van der Waals surface area contributed by atoms with Crippen molar-refractivity contribution in [3.05, 3.63) is 71.4 Å². The summed E-state index contributed by atoms with van der Waals surface area (Å²) in [4.78, 5) is 14.1. The summed E-state index contributed by atoms with van der Waals surface area (Å²) in [6.45, 7) is 2.59. The molecule has 0 bridgehead atoms. The molecule has 4 rings (SSSR count). The Kier molecular flexibility index (Phi) is 6.56. The van der Waals surface area contributed by atoms with Crippen LogP contribution in [0.4, 0.5) is 0 Å². The molecule has 1 aromatic heterocycles. The molecule has 31 heavy (non-hydrogen) atoms. The number of hydrogen-bond donors (Lipinski definition) is 2. The summed E-state index contributed by atoms with van der Waals surface area (Å²) >= 11 is 6.05.